The Morgan fingerprint density at radius 2 is 2.12 bits per heavy atom. The van der Waals surface area contributed by atoms with E-state index in [2.05, 4.69) is 4.90 Å². The number of likely N-dealkylation sites (tertiary alicyclic amines) is 1. The average Bonchev–Trinajstić information content (AvgIpc) is 2.76. The highest BCUT2D eigenvalue weighted by Crippen LogP contribution is 2.32. The molecule has 4 heteroatoms. The van der Waals surface area contributed by atoms with Gasteiger partial charge in [-0.05, 0) is 25.7 Å². The molecule has 0 amide bonds. The molecule has 1 saturated heterocycles. The normalized spacial score (nSPS) is 34.1. The molecular formula is C13H26N2O2. The van der Waals surface area contributed by atoms with Crippen LogP contribution in [0.4, 0.5) is 0 Å². The molecule has 1 aliphatic carbocycles. The van der Waals surface area contributed by atoms with Gasteiger partial charge in [0.2, 0.25) is 0 Å². The van der Waals surface area contributed by atoms with Crippen LogP contribution in [0.25, 0.3) is 0 Å². The lowest BCUT2D eigenvalue weighted by Gasteiger charge is -2.41. The maximum absolute atomic E-state index is 10.5. The molecule has 0 aromatic carbocycles. The zero-order valence-electron chi connectivity index (χ0n) is 10.9. The van der Waals surface area contributed by atoms with Gasteiger partial charge in [0.1, 0.15) is 0 Å². The van der Waals surface area contributed by atoms with Crippen LogP contribution in [-0.2, 0) is 4.74 Å². The van der Waals surface area contributed by atoms with E-state index >= 15 is 0 Å². The van der Waals surface area contributed by atoms with Crippen LogP contribution in [0.2, 0.25) is 0 Å². The van der Waals surface area contributed by atoms with E-state index in [1.54, 1.807) is 7.11 Å². The number of aliphatic hydroxyl groups is 1. The highest BCUT2D eigenvalue weighted by atomic mass is 16.5. The zero-order chi connectivity index (χ0) is 12.3. The number of piperidine rings is 1. The Morgan fingerprint density at radius 3 is 2.71 bits per heavy atom. The lowest BCUT2D eigenvalue weighted by atomic mass is 9.95. The van der Waals surface area contributed by atoms with Gasteiger partial charge in [-0.1, -0.05) is 12.8 Å². The molecule has 2 atom stereocenters. The molecule has 0 bridgehead atoms. The molecule has 3 N–H and O–H groups in total. The quantitative estimate of drug-likeness (QED) is 0.763. The number of β-amino-alcohol motifs (C(OH)–C–C–N with tert-alkyl or cyclic N) is 1. The van der Waals surface area contributed by atoms with Gasteiger partial charge in [-0.3, -0.25) is 4.90 Å². The minimum atomic E-state index is -0.451. The van der Waals surface area contributed by atoms with Crippen molar-refractivity contribution in [1.82, 2.24) is 4.90 Å². The Kier molecular flexibility index (Phi) is 4.42. The van der Waals surface area contributed by atoms with Gasteiger partial charge in [0.05, 0.1) is 11.7 Å². The molecule has 2 rings (SSSR count). The van der Waals surface area contributed by atoms with Crippen LogP contribution >= 0.6 is 0 Å². The average molecular weight is 242 g/mol. The first-order valence-electron chi connectivity index (χ1n) is 6.86. The van der Waals surface area contributed by atoms with Gasteiger partial charge in [-0.2, -0.15) is 0 Å². The zero-order valence-corrected chi connectivity index (χ0v) is 10.9. The molecule has 4 nitrogen and oxygen atoms in total. The fraction of sp³-hybridized carbons (Fsp3) is 1.00. The van der Waals surface area contributed by atoms with Crippen molar-refractivity contribution < 1.29 is 9.84 Å². The van der Waals surface area contributed by atoms with E-state index in [0.29, 0.717) is 18.7 Å². The minimum Gasteiger partial charge on any atom is -0.389 e. The first-order valence-corrected chi connectivity index (χ1v) is 6.86. The van der Waals surface area contributed by atoms with Crippen LogP contribution < -0.4 is 5.73 Å². The molecule has 0 aromatic rings. The highest BCUT2D eigenvalue weighted by molar-refractivity contribution is 4.92. The maximum Gasteiger partial charge on any atom is 0.0774 e. The topological polar surface area (TPSA) is 58.7 Å². The molecular weight excluding hydrogens is 216 g/mol. The molecule has 0 aromatic heterocycles. The van der Waals surface area contributed by atoms with Crippen LogP contribution in [0, 0.1) is 0 Å². The number of nitrogens with two attached hydrogens (primary N) is 1. The van der Waals surface area contributed by atoms with Crippen LogP contribution in [0.5, 0.6) is 0 Å². The summed E-state index contributed by atoms with van der Waals surface area (Å²) < 4.78 is 5.42. The van der Waals surface area contributed by atoms with E-state index in [4.69, 9.17) is 10.5 Å². The molecule has 0 spiro atoms. The predicted octanol–water partition coefficient (Wildman–Crippen LogP) is 0.730. The molecule has 0 radical (unpaired) electrons. The predicted molar refractivity (Wildman–Crippen MR) is 67.9 cm³/mol. The van der Waals surface area contributed by atoms with Gasteiger partial charge in [0.25, 0.3) is 0 Å². The second kappa shape index (κ2) is 5.65. The smallest absolute Gasteiger partial charge is 0.0774 e. The van der Waals surface area contributed by atoms with Crippen molar-refractivity contribution in [3.8, 4) is 0 Å². The molecule has 2 unspecified atom stereocenters. The third-order valence-electron chi connectivity index (χ3n) is 4.43. The first kappa shape index (κ1) is 13.3. The molecule has 17 heavy (non-hydrogen) atoms. The van der Waals surface area contributed by atoms with Gasteiger partial charge in [-0.25, -0.2) is 0 Å². The number of hydrogen-bond donors (Lipinski definition) is 2. The maximum atomic E-state index is 10.5. The van der Waals surface area contributed by atoms with Gasteiger partial charge in [-0.15, -0.1) is 0 Å². The van der Waals surface area contributed by atoms with Crippen molar-refractivity contribution in [2.24, 2.45) is 5.73 Å². The summed E-state index contributed by atoms with van der Waals surface area (Å²) in [6, 6.07) is 0.373. The van der Waals surface area contributed by atoms with Crippen LogP contribution in [0.3, 0.4) is 0 Å². The second-order valence-electron chi connectivity index (χ2n) is 5.67. The van der Waals surface area contributed by atoms with E-state index < -0.39 is 5.60 Å². The van der Waals surface area contributed by atoms with E-state index in [0.717, 1.165) is 38.8 Å². The Bertz CT molecular complexity index is 242. The van der Waals surface area contributed by atoms with Gasteiger partial charge in [0.15, 0.2) is 0 Å². The molecule has 2 aliphatic rings. The Balaban J connectivity index is 1.91. The van der Waals surface area contributed by atoms with Gasteiger partial charge < -0.3 is 15.6 Å². The van der Waals surface area contributed by atoms with E-state index in [1.807, 2.05) is 0 Å². The Hall–Kier alpha value is -0.160. The van der Waals surface area contributed by atoms with Crippen molar-refractivity contribution in [1.29, 1.82) is 0 Å². The van der Waals surface area contributed by atoms with Crippen molar-refractivity contribution in [3.05, 3.63) is 0 Å². The van der Waals surface area contributed by atoms with Crippen molar-refractivity contribution in [3.63, 3.8) is 0 Å². The summed E-state index contributed by atoms with van der Waals surface area (Å²) in [7, 11) is 1.78. The van der Waals surface area contributed by atoms with E-state index in [9.17, 15) is 5.11 Å². The minimum absolute atomic E-state index is 0.345. The second-order valence-corrected chi connectivity index (χ2v) is 5.67. The Morgan fingerprint density at radius 1 is 1.41 bits per heavy atom. The van der Waals surface area contributed by atoms with Crippen molar-refractivity contribution >= 4 is 0 Å². The summed E-state index contributed by atoms with van der Waals surface area (Å²) in [6.45, 7) is 2.46. The third kappa shape index (κ3) is 3.19. The van der Waals surface area contributed by atoms with Crippen LogP contribution in [-0.4, -0.2) is 54.5 Å². The largest absolute Gasteiger partial charge is 0.389 e. The lowest BCUT2D eigenvalue weighted by Crippen LogP contribution is -2.53. The molecule has 1 aliphatic heterocycles. The molecule has 100 valence electrons. The molecule has 1 heterocycles. The van der Waals surface area contributed by atoms with Crippen LogP contribution in [0.15, 0.2) is 0 Å². The van der Waals surface area contributed by atoms with Gasteiger partial charge >= 0.3 is 0 Å². The third-order valence-corrected chi connectivity index (χ3v) is 4.43. The highest BCUT2D eigenvalue weighted by Gasteiger charge is 2.37. The summed E-state index contributed by atoms with van der Waals surface area (Å²) in [5.41, 5.74) is 5.40. The fourth-order valence-corrected chi connectivity index (χ4v) is 3.30. The number of methoxy groups -OCH3 is 1. The van der Waals surface area contributed by atoms with Crippen LogP contribution in [0.1, 0.15) is 38.5 Å². The summed E-state index contributed by atoms with van der Waals surface area (Å²) >= 11 is 0. The van der Waals surface area contributed by atoms with E-state index in [-0.39, 0.29) is 0 Å². The number of hydrogen-bond acceptors (Lipinski definition) is 4. The summed E-state index contributed by atoms with van der Waals surface area (Å²) in [5, 5.41) is 10.5. The van der Waals surface area contributed by atoms with Crippen molar-refractivity contribution in [2.45, 2.75) is 56.3 Å². The number of ether oxygens (including phenoxy) is 1. The van der Waals surface area contributed by atoms with Gasteiger partial charge in [0, 0.05) is 32.8 Å². The molecule has 1 saturated carbocycles. The number of rotatable bonds is 4. The Labute approximate surface area is 104 Å². The van der Waals surface area contributed by atoms with Crippen molar-refractivity contribution in [2.75, 3.05) is 26.7 Å². The SMILES string of the molecule is COC1CCN(CC2(O)CCCC2)C(CN)C1. The summed E-state index contributed by atoms with van der Waals surface area (Å²) in [4.78, 5) is 2.38. The fourth-order valence-electron chi connectivity index (χ4n) is 3.30. The monoisotopic (exact) mass is 242 g/mol. The summed E-state index contributed by atoms with van der Waals surface area (Å²) in [5.74, 6) is 0. The lowest BCUT2D eigenvalue weighted by molar-refractivity contribution is -0.0391. The standard InChI is InChI=1S/C13H26N2O2/c1-17-12-4-7-15(11(8-12)9-14)10-13(16)5-2-3-6-13/h11-12,16H,2-10,14H2,1H3. The first-order chi connectivity index (χ1) is 8.17. The molecule has 2 fully saturated rings. The van der Waals surface area contributed by atoms with E-state index in [1.165, 1.54) is 12.8 Å². The summed E-state index contributed by atoms with van der Waals surface area (Å²) in [6.07, 6.45) is 6.64. The number of nitrogens with zero attached hydrogens (tertiary/aromatic N) is 1.